The Bertz CT molecular complexity index is 1140. The molecule has 0 heterocycles. The summed E-state index contributed by atoms with van der Waals surface area (Å²) in [5, 5.41) is 2.94. The minimum atomic E-state index is -0.766. The van der Waals surface area contributed by atoms with Crippen LogP contribution in [0.5, 0.6) is 11.5 Å². The Kier molecular flexibility index (Phi) is 9.58. The normalized spacial score (nSPS) is 14.4. The van der Waals surface area contributed by atoms with Gasteiger partial charge in [-0.15, -0.1) is 0 Å². The van der Waals surface area contributed by atoms with Gasteiger partial charge in [0.15, 0.2) is 11.5 Å². The van der Waals surface area contributed by atoms with Gasteiger partial charge < -0.3 is 19.5 Å². The molecule has 1 fully saturated rings. The number of ether oxygens (including phenoxy) is 3. The van der Waals surface area contributed by atoms with E-state index in [0.29, 0.717) is 31.1 Å². The number of benzene rings is 3. The van der Waals surface area contributed by atoms with Crippen LogP contribution < -0.4 is 14.8 Å². The van der Waals surface area contributed by atoms with Gasteiger partial charge in [0.05, 0.1) is 7.11 Å². The Hall–Kier alpha value is -3.80. The second kappa shape index (κ2) is 13.5. The maximum absolute atomic E-state index is 12.9. The summed E-state index contributed by atoms with van der Waals surface area (Å²) in [6.45, 7) is 0.787. The van der Waals surface area contributed by atoms with Crippen LogP contribution in [0.4, 0.5) is 0 Å². The van der Waals surface area contributed by atoms with Crippen molar-refractivity contribution in [1.29, 1.82) is 0 Å². The second-order valence-corrected chi connectivity index (χ2v) is 9.45. The topological polar surface area (TPSA) is 73.9 Å². The van der Waals surface area contributed by atoms with Crippen LogP contribution in [0.1, 0.15) is 48.8 Å². The van der Waals surface area contributed by atoms with Crippen molar-refractivity contribution in [3.63, 3.8) is 0 Å². The average Bonchev–Trinajstić information content (AvgIpc) is 2.96. The fourth-order valence-electron chi connectivity index (χ4n) is 4.61. The van der Waals surface area contributed by atoms with E-state index >= 15 is 0 Å². The van der Waals surface area contributed by atoms with Crippen LogP contribution in [-0.2, 0) is 34.0 Å². The van der Waals surface area contributed by atoms with Crippen LogP contribution in [0.25, 0.3) is 0 Å². The number of esters is 1. The molecule has 3 aromatic carbocycles. The van der Waals surface area contributed by atoms with Crippen LogP contribution in [0.2, 0.25) is 0 Å². The highest BCUT2D eigenvalue weighted by Crippen LogP contribution is 2.31. The van der Waals surface area contributed by atoms with Crippen molar-refractivity contribution in [2.75, 3.05) is 7.11 Å². The molecule has 6 nitrogen and oxygen atoms in total. The number of methoxy groups -OCH3 is 1. The zero-order valence-electron chi connectivity index (χ0n) is 21.4. The van der Waals surface area contributed by atoms with Crippen molar-refractivity contribution < 1.29 is 23.8 Å². The van der Waals surface area contributed by atoms with Gasteiger partial charge >= 0.3 is 5.97 Å². The third-order valence-corrected chi connectivity index (χ3v) is 6.70. The highest BCUT2D eigenvalue weighted by atomic mass is 16.5. The lowest BCUT2D eigenvalue weighted by molar-refractivity contribution is -0.145. The van der Waals surface area contributed by atoms with Gasteiger partial charge in [-0.1, -0.05) is 86.0 Å². The molecule has 37 heavy (non-hydrogen) atoms. The van der Waals surface area contributed by atoms with E-state index in [2.05, 4.69) is 5.32 Å². The lowest BCUT2D eigenvalue weighted by atomic mass is 9.88. The highest BCUT2D eigenvalue weighted by molar-refractivity contribution is 5.86. The summed E-state index contributed by atoms with van der Waals surface area (Å²) in [4.78, 5) is 25.4. The first kappa shape index (κ1) is 26.3. The molecule has 1 amide bonds. The first-order valence-corrected chi connectivity index (χ1v) is 13.0. The fraction of sp³-hybridized carbons (Fsp3) is 0.355. The van der Waals surface area contributed by atoms with Gasteiger partial charge in [-0.25, -0.2) is 4.79 Å². The summed E-state index contributed by atoms with van der Waals surface area (Å²) in [7, 11) is 1.34. The van der Waals surface area contributed by atoms with E-state index in [9.17, 15) is 9.59 Å². The molecular formula is C31H35NO5. The van der Waals surface area contributed by atoms with E-state index in [1.807, 2.05) is 78.9 Å². The Labute approximate surface area is 218 Å². The van der Waals surface area contributed by atoms with Crippen molar-refractivity contribution in [2.45, 2.75) is 57.8 Å². The van der Waals surface area contributed by atoms with Crippen molar-refractivity contribution >= 4 is 11.9 Å². The van der Waals surface area contributed by atoms with E-state index in [1.165, 1.54) is 7.11 Å². The molecule has 1 saturated carbocycles. The minimum absolute atomic E-state index is 0.0422. The maximum Gasteiger partial charge on any atom is 0.328 e. The Morgan fingerprint density at radius 1 is 0.784 bits per heavy atom. The number of carbonyl (C=O) groups excluding carboxylic acids is 2. The van der Waals surface area contributed by atoms with Crippen molar-refractivity contribution in [3.8, 4) is 11.5 Å². The van der Waals surface area contributed by atoms with Gasteiger partial charge in [-0.2, -0.15) is 0 Å². The van der Waals surface area contributed by atoms with Gasteiger partial charge in [-0.3, -0.25) is 4.79 Å². The second-order valence-electron chi connectivity index (χ2n) is 9.45. The standard InChI is InChI=1S/C31H35NO5/c1-35-31(34)27(32-30(33)26-15-9-4-10-16-26)19-25-17-18-28(36-21-23-11-5-2-6-12-23)29(20-25)37-22-24-13-7-3-8-14-24/h2-3,5-8,11-14,17-18,20,26-27H,4,9-10,15-16,19,21-22H2,1H3,(H,32,33)/t27-/m1/s1. The third kappa shape index (κ3) is 7.84. The van der Waals surface area contributed by atoms with Crippen LogP contribution in [-0.4, -0.2) is 25.0 Å². The van der Waals surface area contributed by atoms with Crippen molar-refractivity contribution in [1.82, 2.24) is 5.32 Å². The summed E-state index contributed by atoms with van der Waals surface area (Å²) in [5.74, 6) is 0.627. The molecule has 0 saturated heterocycles. The molecule has 1 aliphatic carbocycles. The molecule has 0 spiro atoms. The fourth-order valence-corrected chi connectivity index (χ4v) is 4.61. The Balaban J connectivity index is 1.50. The first-order valence-electron chi connectivity index (χ1n) is 13.0. The summed E-state index contributed by atoms with van der Waals surface area (Å²) in [6.07, 6.45) is 5.29. The van der Waals surface area contributed by atoms with Gasteiger partial charge in [0, 0.05) is 12.3 Å². The molecule has 0 aliphatic heterocycles. The third-order valence-electron chi connectivity index (χ3n) is 6.70. The summed E-state index contributed by atoms with van der Waals surface area (Å²) < 4.78 is 17.3. The summed E-state index contributed by atoms with van der Waals surface area (Å²) in [6, 6.07) is 24.7. The molecule has 0 aromatic heterocycles. The predicted octanol–water partition coefficient (Wildman–Crippen LogP) is 5.63. The average molecular weight is 502 g/mol. The lowest BCUT2D eigenvalue weighted by Gasteiger charge is -2.24. The molecule has 1 atom stereocenters. The van der Waals surface area contributed by atoms with Crippen molar-refractivity contribution in [3.05, 3.63) is 95.6 Å². The van der Waals surface area contributed by atoms with Gasteiger partial charge in [0.1, 0.15) is 19.3 Å². The van der Waals surface area contributed by atoms with Crippen LogP contribution in [0, 0.1) is 5.92 Å². The maximum atomic E-state index is 12.9. The highest BCUT2D eigenvalue weighted by Gasteiger charge is 2.27. The van der Waals surface area contributed by atoms with Crippen LogP contribution in [0.3, 0.4) is 0 Å². The van der Waals surface area contributed by atoms with E-state index in [1.54, 1.807) is 0 Å². The first-order chi connectivity index (χ1) is 18.1. The molecular weight excluding hydrogens is 466 g/mol. The molecule has 0 radical (unpaired) electrons. The largest absolute Gasteiger partial charge is 0.485 e. The number of nitrogens with one attached hydrogen (secondary N) is 1. The lowest BCUT2D eigenvalue weighted by Crippen LogP contribution is -2.45. The van der Waals surface area contributed by atoms with Gasteiger partial charge in [0.2, 0.25) is 5.91 Å². The molecule has 194 valence electrons. The van der Waals surface area contributed by atoms with E-state index in [4.69, 9.17) is 14.2 Å². The van der Waals surface area contributed by atoms with E-state index < -0.39 is 12.0 Å². The zero-order chi connectivity index (χ0) is 25.9. The Morgan fingerprint density at radius 2 is 1.38 bits per heavy atom. The number of hydrogen-bond donors (Lipinski definition) is 1. The molecule has 3 aromatic rings. The SMILES string of the molecule is COC(=O)[C@@H](Cc1ccc(OCc2ccccc2)c(OCc2ccccc2)c1)NC(=O)C1CCCCC1. The van der Waals surface area contributed by atoms with Gasteiger partial charge in [0.25, 0.3) is 0 Å². The Morgan fingerprint density at radius 3 is 1.97 bits per heavy atom. The zero-order valence-corrected chi connectivity index (χ0v) is 21.4. The molecule has 0 bridgehead atoms. The number of hydrogen-bond acceptors (Lipinski definition) is 5. The summed E-state index contributed by atoms with van der Waals surface area (Å²) >= 11 is 0. The van der Waals surface area contributed by atoms with Gasteiger partial charge in [-0.05, 0) is 41.7 Å². The minimum Gasteiger partial charge on any atom is -0.485 e. The van der Waals surface area contributed by atoms with E-state index in [-0.39, 0.29) is 11.8 Å². The number of carbonyl (C=O) groups is 2. The number of amides is 1. The molecule has 1 aliphatic rings. The van der Waals surface area contributed by atoms with Crippen LogP contribution in [0.15, 0.2) is 78.9 Å². The summed E-state index contributed by atoms with van der Waals surface area (Å²) in [5.41, 5.74) is 2.93. The number of rotatable bonds is 11. The molecule has 1 N–H and O–H groups in total. The predicted molar refractivity (Wildman–Crippen MR) is 142 cm³/mol. The molecule has 6 heteroatoms. The molecule has 0 unspecified atom stereocenters. The van der Waals surface area contributed by atoms with Crippen LogP contribution >= 0.6 is 0 Å². The van der Waals surface area contributed by atoms with Crippen molar-refractivity contribution in [2.24, 2.45) is 5.92 Å². The quantitative estimate of drug-likeness (QED) is 0.345. The monoisotopic (exact) mass is 501 g/mol. The molecule has 4 rings (SSSR count). The van der Waals surface area contributed by atoms with E-state index in [0.717, 1.165) is 48.8 Å². The smallest absolute Gasteiger partial charge is 0.328 e.